The summed E-state index contributed by atoms with van der Waals surface area (Å²) < 4.78 is 28.3. The van der Waals surface area contributed by atoms with E-state index in [0.717, 1.165) is 10.7 Å². The molecule has 0 saturated carbocycles. The second kappa shape index (κ2) is 8.71. The molecule has 160 valence electrons. The van der Waals surface area contributed by atoms with Gasteiger partial charge in [0.05, 0.1) is 12.6 Å². The lowest BCUT2D eigenvalue weighted by atomic mass is 10.1. The van der Waals surface area contributed by atoms with Crippen LogP contribution in [0.15, 0.2) is 29.6 Å². The molecule has 1 aromatic carbocycles. The Hall–Kier alpha value is -2.49. The van der Waals surface area contributed by atoms with Crippen LogP contribution in [-0.2, 0) is 11.5 Å². The predicted octanol–water partition coefficient (Wildman–Crippen LogP) is 4.34. The molecule has 0 amide bonds. The van der Waals surface area contributed by atoms with Gasteiger partial charge in [0.2, 0.25) is 0 Å². The first kappa shape index (κ1) is 22.2. The van der Waals surface area contributed by atoms with Crippen molar-refractivity contribution in [2.45, 2.75) is 32.4 Å². The first-order valence-electron chi connectivity index (χ1n) is 9.39. The molecular formula is C20H24ClFN4O3Si. The van der Waals surface area contributed by atoms with E-state index in [0.29, 0.717) is 12.1 Å². The molecule has 2 heterocycles. The second-order valence-electron chi connectivity index (χ2n) is 7.99. The quantitative estimate of drug-likeness (QED) is 0.377. The Morgan fingerprint density at radius 3 is 2.67 bits per heavy atom. The Morgan fingerprint density at radius 2 is 2.03 bits per heavy atom. The molecule has 0 atom stereocenters. The van der Waals surface area contributed by atoms with Gasteiger partial charge in [0.15, 0.2) is 11.0 Å². The standard InChI is InChI=1S/C20H24ClFN4O3Si/c1-6-13-7-8-15(28-2)19(17(13)22)26-16(27)11-14-18(23-26)20(21)24-25(14)12-29-9-10-30(3,4)5/h6-8,11H,1,9-10,12H2,2-5H3. The van der Waals surface area contributed by atoms with Crippen LogP contribution in [0.5, 0.6) is 5.75 Å². The highest BCUT2D eigenvalue weighted by atomic mass is 35.5. The maximum atomic E-state index is 15.0. The topological polar surface area (TPSA) is 71.2 Å². The highest BCUT2D eigenvalue weighted by Gasteiger charge is 2.20. The van der Waals surface area contributed by atoms with Crippen molar-refractivity contribution in [1.29, 1.82) is 0 Å². The SMILES string of the molecule is C=Cc1ccc(OC)c(-n2nc3c(Cl)nn(COCC[Si](C)(C)C)c3cc2=O)c1F. The smallest absolute Gasteiger partial charge is 0.273 e. The summed E-state index contributed by atoms with van der Waals surface area (Å²) >= 11 is 6.25. The fourth-order valence-electron chi connectivity index (χ4n) is 2.87. The zero-order chi connectivity index (χ0) is 22.1. The van der Waals surface area contributed by atoms with Gasteiger partial charge in [0.1, 0.15) is 23.7 Å². The number of benzene rings is 1. The van der Waals surface area contributed by atoms with E-state index in [1.54, 1.807) is 6.07 Å². The minimum Gasteiger partial charge on any atom is -0.494 e. The van der Waals surface area contributed by atoms with Crippen LogP contribution in [0.25, 0.3) is 22.8 Å². The molecule has 7 nitrogen and oxygen atoms in total. The van der Waals surface area contributed by atoms with E-state index in [2.05, 4.69) is 36.4 Å². The van der Waals surface area contributed by atoms with Gasteiger partial charge in [-0.05, 0) is 18.2 Å². The van der Waals surface area contributed by atoms with E-state index in [1.165, 1.54) is 30.0 Å². The molecule has 0 N–H and O–H groups in total. The summed E-state index contributed by atoms with van der Waals surface area (Å²) in [5.74, 6) is -0.512. The van der Waals surface area contributed by atoms with Gasteiger partial charge in [-0.3, -0.25) is 4.79 Å². The van der Waals surface area contributed by atoms with Crippen molar-refractivity contribution in [3.05, 3.63) is 51.7 Å². The molecule has 0 aliphatic heterocycles. The van der Waals surface area contributed by atoms with Gasteiger partial charge in [0, 0.05) is 26.3 Å². The van der Waals surface area contributed by atoms with Crippen molar-refractivity contribution in [2.24, 2.45) is 0 Å². The summed E-state index contributed by atoms with van der Waals surface area (Å²) in [5.41, 5.74) is 0.221. The monoisotopic (exact) mass is 450 g/mol. The molecule has 2 aromatic heterocycles. The van der Waals surface area contributed by atoms with Crippen LogP contribution >= 0.6 is 11.6 Å². The number of rotatable bonds is 8. The van der Waals surface area contributed by atoms with Gasteiger partial charge >= 0.3 is 0 Å². The Bertz CT molecular complexity index is 1150. The van der Waals surface area contributed by atoms with Crippen molar-refractivity contribution in [3.63, 3.8) is 0 Å². The van der Waals surface area contributed by atoms with Crippen molar-refractivity contribution < 1.29 is 13.9 Å². The Balaban J connectivity index is 2.03. The van der Waals surface area contributed by atoms with Crippen LogP contribution in [0.4, 0.5) is 4.39 Å². The van der Waals surface area contributed by atoms with Crippen molar-refractivity contribution >= 4 is 36.8 Å². The third-order valence-electron chi connectivity index (χ3n) is 4.56. The van der Waals surface area contributed by atoms with Crippen LogP contribution in [0.2, 0.25) is 30.8 Å². The lowest BCUT2D eigenvalue weighted by Gasteiger charge is -2.15. The van der Waals surface area contributed by atoms with E-state index in [-0.39, 0.29) is 34.4 Å². The lowest BCUT2D eigenvalue weighted by molar-refractivity contribution is 0.0817. The van der Waals surface area contributed by atoms with E-state index in [9.17, 15) is 9.18 Å². The molecule has 0 unspecified atom stereocenters. The third-order valence-corrected chi connectivity index (χ3v) is 6.52. The number of ether oxygens (including phenoxy) is 2. The van der Waals surface area contributed by atoms with Gasteiger partial charge < -0.3 is 9.47 Å². The maximum absolute atomic E-state index is 15.0. The largest absolute Gasteiger partial charge is 0.494 e. The van der Waals surface area contributed by atoms with Gasteiger partial charge in [-0.1, -0.05) is 43.9 Å². The normalized spacial score (nSPS) is 11.8. The van der Waals surface area contributed by atoms with Gasteiger partial charge in [-0.25, -0.2) is 9.07 Å². The molecule has 30 heavy (non-hydrogen) atoms. The lowest BCUT2D eigenvalue weighted by Crippen LogP contribution is -2.23. The van der Waals surface area contributed by atoms with Gasteiger partial charge in [-0.2, -0.15) is 14.9 Å². The Morgan fingerprint density at radius 1 is 1.30 bits per heavy atom. The summed E-state index contributed by atoms with van der Waals surface area (Å²) in [6.45, 7) is 11.1. The van der Waals surface area contributed by atoms with Crippen molar-refractivity contribution in [1.82, 2.24) is 19.6 Å². The first-order valence-corrected chi connectivity index (χ1v) is 13.5. The fourth-order valence-corrected chi connectivity index (χ4v) is 3.85. The highest BCUT2D eigenvalue weighted by molar-refractivity contribution is 6.76. The van der Waals surface area contributed by atoms with E-state index in [4.69, 9.17) is 21.1 Å². The number of nitrogens with zero attached hydrogens (tertiary/aromatic N) is 4. The number of hydrogen-bond donors (Lipinski definition) is 0. The van der Waals surface area contributed by atoms with Crippen LogP contribution < -0.4 is 10.3 Å². The molecule has 3 rings (SSSR count). The summed E-state index contributed by atoms with van der Waals surface area (Å²) in [6, 6.07) is 5.37. The van der Waals surface area contributed by atoms with E-state index < -0.39 is 19.5 Å². The van der Waals surface area contributed by atoms with Gasteiger partial charge in [0.25, 0.3) is 5.56 Å². The van der Waals surface area contributed by atoms with Gasteiger partial charge in [-0.15, -0.1) is 0 Å². The molecular weight excluding hydrogens is 427 g/mol. The zero-order valence-corrected chi connectivity index (χ0v) is 19.2. The molecule has 10 heteroatoms. The Labute approximate surface area is 179 Å². The Kier molecular flexibility index (Phi) is 6.44. The molecule has 0 aliphatic carbocycles. The van der Waals surface area contributed by atoms with Crippen LogP contribution in [-0.4, -0.2) is 41.4 Å². The van der Waals surface area contributed by atoms with Crippen molar-refractivity contribution in [3.8, 4) is 11.4 Å². The zero-order valence-electron chi connectivity index (χ0n) is 17.4. The van der Waals surface area contributed by atoms with Crippen molar-refractivity contribution in [2.75, 3.05) is 13.7 Å². The summed E-state index contributed by atoms with van der Waals surface area (Å²) in [4.78, 5) is 12.8. The summed E-state index contributed by atoms with van der Waals surface area (Å²) in [7, 11) is 0.166. The van der Waals surface area contributed by atoms with Crippen LogP contribution in [0, 0.1) is 5.82 Å². The molecule has 0 fully saturated rings. The average molecular weight is 451 g/mol. The molecule has 0 radical (unpaired) electrons. The summed E-state index contributed by atoms with van der Waals surface area (Å²) in [5, 5.41) is 8.56. The molecule has 0 spiro atoms. The highest BCUT2D eigenvalue weighted by Crippen LogP contribution is 2.28. The average Bonchev–Trinajstić information content (AvgIpc) is 2.98. The number of halogens is 2. The fraction of sp³-hybridized carbons (Fsp3) is 0.350. The second-order valence-corrected chi connectivity index (χ2v) is 14.0. The first-order chi connectivity index (χ1) is 14.2. The number of methoxy groups -OCH3 is 1. The molecule has 0 bridgehead atoms. The number of fused-ring (bicyclic) bond motifs is 1. The third kappa shape index (κ3) is 4.48. The number of aromatic nitrogens is 4. The molecule has 0 saturated heterocycles. The van der Waals surface area contributed by atoms with Crippen LogP contribution in [0.3, 0.4) is 0 Å². The van der Waals surface area contributed by atoms with E-state index in [1.807, 2.05) is 0 Å². The molecule has 3 aromatic rings. The number of hydrogen-bond acceptors (Lipinski definition) is 5. The minimum atomic E-state index is -1.22. The molecule has 0 aliphatic rings. The summed E-state index contributed by atoms with van der Waals surface area (Å²) in [6.07, 6.45) is 1.35. The predicted molar refractivity (Wildman–Crippen MR) is 119 cm³/mol. The minimum absolute atomic E-state index is 0.0896. The van der Waals surface area contributed by atoms with Crippen LogP contribution in [0.1, 0.15) is 5.56 Å². The van der Waals surface area contributed by atoms with E-state index >= 15 is 0 Å². The maximum Gasteiger partial charge on any atom is 0.273 e.